The van der Waals surface area contributed by atoms with Gasteiger partial charge in [0.15, 0.2) is 0 Å². The smallest absolute Gasteiger partial charge is 0.320 e. The first-order chi connectivity index (χ1) is 8.08. The van der Waals surface area contributed by atoms with E-state index in [2.05, 4.69) is 0 Å². The van der Waals surface area contributed by atoms with Gasteiger partial charge in [0, 0.05) is 16.6 Å². The van der Waals surface area contributed by atoms with Crippen LogP contribution in [0.1, 0.15) is 18.4 Å². The third-order valence-electron chi connectivity index (χ3n) is 3.04. The van der Waals surface area contributed by atoms with Crippen molar-refractivity contribution < 1.29 is 9.90 Å². The summed E-state index contributed by atoms with van der Waals surface area (Å²) in [4.78, 5) is 13.0. The van der Waals surface area contributed by atoms with Gasteiger partial charge in [-0.3, -0.25) is 9.69 Å². The number of halogens is 2. The third-order valence-corrected chi connectivity index (χ3v) is 3.62. The van der Waals surface area contributed by atoms with Crippen LogP contribution in [-0.4, -0.2) is 28.6 Å². The van der Waals surface area contributed by atoms with Crippen molar-refractivity contribution in [1.82, 2.24) is 4.90 Å². The zero-order valence-electron chi connectivity index (χ0n) is 9.20. The van der Waals surface area contributed by atoms with Gasteiger partial charge < -0.3 is 5.11 Å². The van der Waals surface area contributed by atoms with Crippen LogP contribution in [0.25, 0.3) is 0 Å². The Hall–Kier alpha value is -0.770. The molecule has 1 atom stereocenters. The highest BCUT2D eigenvalue weighted by Crippen LogP contribution is 2.26. The fourth-order valence-corrected chi connectivity index (χ4v) is 2.63. The predicted molar refractivity (Wildman–Crippen MR) is 67.5 cm³/mol. The zero-order chi connectivity index (χ0) is 12.4. The van der Waals surface area contributed by atoms with Crippen LogP contribution in [0.15, 0.2) is 18.2 Å². The minimum atomic E-state index is -0.757. The molecule has 2 rings (SSSR count). The third kappa shape index (κ3) is 2.92. The fraction of sp³-hybridized carbons (Fsp3) is 0.417. The van der Waals surface area contributed by atoms with Crippen molar-refractivity contribution >= 4 is 29.2 Å². The summed E-state index contributed by atoms with van der Waals surface area (Å²) in [5.74, 6) is -0.757. The SMILES string of the molecule is O=C(O)C1CCCN1Cc1ccc(Cl)cc1Cl. The molecule has 1 N–H and O–H groups in total. The maximum atomic E-state index is 11.0. The lowest BCUT2D eigenvalue weighted by atomic mass is 10.2. The largest absolute Gasteiger partial charge is 0.480 e. The van der Waals surface area contributed by atoms with Crippen LogP contribution in [0, 0.1) is 0 Å². The normalized spacial score (nSPS) is 20.7. The van der Waals surface area contributed by atoms with Gasteiger partial charge in [-0.2, -0.15) is 0 Å². The average Bonchev–Trinajstić information content (AvgIpc) is 2.70. The van der Waals surface area contributed by atoms with Gasteiger partial charge in [-0.1, -0.05) is 29.3 Å². The second kappa shape index (κ2) is 5.25. The van der Waals surface area contributed by atoms with E-state index in [1.165, 1.54) is 0 Å². The summed E-state index contributed by atoms with van der Waals surface area (Å²) in [6.45, 7) is 1.36. The highest BCUT2D eigenvalue weighted by Gasteiger charge is 2.30. The Bertz CT molecular complexity index is 437. The van der Waals surface area contributed by atoms with Gasteiger partial charge in [-0.15, -0.1) is 0 Å². The number of aliphatic carboxylic acids is 1. The van der Waals surface area contributed by atoms with Gasteiger partial charge in [0.2, 0.25) is 0 Å². The number of carbonyl (C=O) groups is 1. The van der Waals surface area contributed by atoms with Crippen molar-refractivity contribution in [3.63, 3.8) is 0 Å². The molecule has 1 unspecified atom stereocenters. The Morgan fingerprint density at radius 2 is 2.24 bits per heavy atom. The van der Waals surface area contributed by atoms with E-state index in [4.69, 9.17) is 28.3 Å². The summed E-state index contributed by atoms with van der Waals surface area (Å²) in [6, 6.07) is 4.92. The van der Waals surface area contributed by atoms with Gasteiger partial charge >= 0.3 is 5.97 Å². The monoisotopic (exact) mass is 273 g/mol. The molecule has 1 aliphatic heterocycles. The molecule has 0 saturated carbocycles. The van der Waals surface area contributed by atoms with Gasteiger partial charge in [0.1, 0.15) is 6.04 Å². The van der Waals surface area contributed by atoms with Crippen LogP contribution >= 0.6 is 23.2 Å². The standard InChI is InChI=1S/C12H13Cl2NO2/c13-9-4-3-8(10(14)6-9)7-15-5-1-2-11(15)12(16)17/h3-4,6,11H,1-2,5,7H2,(H,16,17). The molecule has 3 nitrogen and oxygen atoms in total. The molecule has 1 aromatic rings. The van der Waals surface area contributed by atoms with Crippen molar-refractivity contribution in [3.8, 4) is 0 Å². The minimum absolute atomic E-state index is 0.387. The van der Waals surface area contributed by atoms with Gasteiger partial charge in [0.05, 0.1) is 0 Å². The lowest BCUT2D eigenvalue weighted by molar-refractivity contribution is -0.142. The topological polar surface area (TPSA) is 40.5 Å². The first-order valence-corrected chi connectivity index (χ1v) is 6.24. The molecule has 0 amide bonds. The molecule has 92 valence electrons. The maximum Gasteiger partial charge on any atom is 0.320 e. The molecule has 5 heteroatoms. The minimum Gasteiger partial charge on any atom is -0.480 e. The summed E-state index contributed by atoms with van der Waals surface area (Å²) in [5.41, 5.74) is 0.921. The Balaban J connectivity index is 2.12. The first-order valence-electron chi connectivity index (χ1n) is 5.48. The predicted octanol–water partition coefficient (Wildman–Crippen LogP) is 3.04. The second-order valence-electron chi connectivity index (χ2n) is 4.20. The van der Waals surface area contributed by atoms with Crippen LogP contribution in [0.5, 0.6) is 0 Å². The van der Waals surface area contributed by atoms with E-state index in [1.54, 1.807) is 12.1 Å². The van der Waals surface area contributed by atoms with Crippen LogP contribution in [0.3, 0.4) is 0 Å². The molecular weight excluding hydrogens is 261 g/mol. The molecule has 0 aromatic heterocycles. The molecule has 1 aromatic carbocycles. The van der Waals surface area contributed by atoms with Crippen molar-refractivity contribution in [1.29, 1.82) is 0 Å². The molecule has 1 aliphatic rings. The van der Waals surface area contributed by atoms with Gasteiger partial charge in [-0.05, 0) is 37.1 Å². The quantitative estimate of drug-likeness (QED) is 0.921. The molecule has 0 radical (unpaired) electrons. The fourth-order valence-electron chi connectivity index (χ4n) is 2.16. The van der Waals surface area contributed by atoms with Crippen LogP contribution in [-0.2, 0) is 11.3 Å². The molecule has 1 fully saturated rings. The van der Waals surface area contributed by atoms with Gasteiger partial charge in [0.25, 0.3) is 0 Å². The molecule has 0 spiro atoms. The Kier molecular flexibility index (Phi) is 3.92. The highest BCUT2D eigenvalue weighted by molar-refractivity contribution is 6.35. The number of likely N-dealkylation sites (tertiary alicyclic amines) is 1. The number of nitrogens with zero attached hydrogens (tertiary/aromatic N) is 1. The summed E-state index contributed by atoms with van der Waals surface area (Å²) in [7, 11) is 0. The Morgan fingerprint density at radius 3 is 2.88 bits per heavy atom. The van der Waals surface area contributed by atoms with Crippen LogP contribution < -0.4 is 0 Å². The van der Waals surface area contributed by atoms with E-state index < -0.39 is 5.97 Å². The highest BCUT2D eigenvalue weighted by atomic mass is 35.5. The number of rotatable bonds is 3. The Morgan fingerprint density at radius 1 is 1.47 bits per heavy atom. The maximum absolute atomic E-state index is 11.0. The molecule has 1 heterocycles. The van der Waals surface area contributed by atoms with E-state index in [0.29, 0.717) is 23.0 Å². The van der Waals surface area contributed by atoms with Crippen LogP contribution in [0.2, 0.25) is 10.0 Å². The van der Waals surface area contributed by atoms with Crippen molar-refractivity contribution in [2.45, 2.75) is 25.4 Å². The second-order valence-corrected chi connectivity index (χ2v) is 5.05. The summed E-state index contributed by atoms with van der Waals surface area (Å²) in [5, 5.41) is 10.3. The lowest BCUT2D eigenvalue weighted by Gasteiger charge is -2.21. The molecule has 0 bridgehead atoms. The molecule has 17 heavy (non-hydrogen) atoms. The van der Waals surface area contributed by atoms with Crippen molar-refractivity contribution in [2.24, 2.45) is 0 Å². The zero-order valence-corrected chi connectivity index (χ0v) is 10.7. The van der Waals surface area contributed by atoms with E-state index in [9.17, 15) is 4.79 Å². The summed E-state index contributed by atoms with van der Waals surface area (Å²) >= 11 is 11.9. The number of hydrogen-bond acceptors (Lipinski definition) is 2. The number of carboxylic acids is 1. The summed E-state index contributed by atoms with van der Waals surface area (Å²) < 4.78 is 0. The lowest BCUT2D eigenvalue weighted by Crippen LogP contribution is -2.35. The van der Waals surface area contributed by atoms with E-state index in [1.807, 2.05) is 11.0 Å². The van der Waals surface area contributed by atoms with E-state index in [0.717, 1.165) is 18.5 Å². The number of carboxylic acid groups (broad SMARTS) is 1. The van der Waals surface area contributed by atoms with E-state index in [-0.39, 0.29) is 6.04 Å². The van der Waals surface area contributed by atoms with Crippen molar-refractivity contribution in [3.05, 3.63) is 33.8 Å². The Labute approximate surface area is 110 Å². The first kappa shape index (κ1) is 12.7. The van der Waals surface area contributed by atoms with Crippen molar-refractivity contribution in [2.75, 3.05) is 6.54 Å². The average molecular weight is 274 g/mol. The number of hydrogen-bond donors (Lipinski definition) is 1. The molecule has 0 aliphatic carbocycles. The summed E-state index contributed by atoms with van der Waals surface area (Å²) in [6.07, 6.45) is 1.63. The number of benzene rings is 1. The molecule has 1 saturated heterocycles. The van der Waals surface area contributed by atoms with Gasteiger partial charge in [-0.25, -0.2) is 0 Å². The van der Waals surface area contributed by atoms with E-state index >= 15 is 0 Å². The molecular formula is C12H13Cl2NO2. The van der Waals surface area contributed by atoms with Crippen LogP contribution in [0.4, 0.5) is 0 Å².